The molecule has 0 saturated carbocycles. The molecular formula is C8H9BrN2O2. The van der Waals surface area contributed by atoms with Crippen molar-refractivity contribution in [2.75, 3.05) is 7.11 Å². The van der Waals surface area contributed by atoms with E-state index in [0.29, 0.717) is 5.69 Å². The highest BCUT2D eigenvalue weighted by Crippen LogP contribution is 2.29. The summed E-state index contributed by atoms with van der Waals surface area (Å²) < 4.78 is 3.70. The number of carbonyl (C=O) groups is 1. The zero-order valence-electron chi connectivity index (χ0n) is 7.32. The maximum atomic E-state index is 11.3. The lowest BCUT2D eigenvalue weighted by atomic mass is 10.1. The summed E-state index contributed by atoms with van der Waals surface area (Å²) in [5.74, 6) is -0.395. The summed E-state index contributed by atoms with van der Waals surface area (Å²) in [6.07, 6.45) is 4.59. The van der Waals surface area contributed by atoms with Gasteiger partial charge in [-0.05, 0) is 6.92 Å². The molecule has 5 heteroatoms. The predicted molar refractivity (Wildman–Crippen MR) is 50.3 cm³/mol. The second-order valence-corrected chi connectivity index (χ2v) is 4.17. The van der Waals surface area contributed by atoms with Crippen LogP contribution in [0.3, 0.4) is 0 Å². The van der Waals surface area contributed by atoms with Crippen molar-refractivity contribution < 1.29 is 9.53 Å². The van der Waals surface area contributed by atoms with E-state index in [4.69, 9.17) is 0 Å². The predicted octanol–water partition coefficient (Wildman–Crippen LogP) is 1.26. The van der Waals surface area contributed by atoms with Crippen LogP contribution in [0.5, 0.6) is 0 Å². The summed E-state index contributed by atoms with van der Waals surface area (Å²) in [6.45, 7) is 1.67. The number of nitrogens with zero attached hydrogens (tertiary/aromatic N) is 2. The third kappa shape index (κ3) is 2.03. The van der Waals surface area contributed by atoms with Crippen LogP contribution in [-0.4, -0.2) is 23.0 Å². The topological polar surface area (TPSA) is 52.1 Å². The molecule has 1 aromatic heterocycles. The molecule has 0 amide bonds. The molecule has 0 spiro atoms. The van der Waals surface area contributed by atoms with E-state index in [0.717, 1.165) is 0 Å². The van der Waals surface area contributed by atoms with E-state index in [1.54, 1.807) is 13.1 Å². The number of carbonyl (C=O) groups excluding carboxylic acids is 1. The van der Waals surface area contributed by atoms with E-state index in [1.165, 1.54) is 19.5 Å². The van der Waals surface area contributed by atoms with E-state index < -0.39 is 10.3 Å². The van der Waals surface area contributed by atoms with Crippen LogP contribution in [0.25, 0.3) is 0 Å². The lowest BCUT2D eigenvalue weighted by molar-refractivity contribution is -0.143. The lowest BCUT2D eigenvalue weighted by Crippen LogP contribution is -2.28. The quantitative estimate of drug-likeness (QED) is 0.581. The van der Waals surface area contributed by atoms with Gasteiger partial charge in [-0.1, -0.05) is 15.9 Å². The number of aromatic nitrogens is 2. The standard InChI is InChI=1S/C8H9BrN2O2/c1-8(9,7(12)13-2)6-5-10-3-4-11-6/h3-5H,1-2H3. The molecular weight excluding hydrogens is 236 g/mol. The minimum atomic E-state index is -0.921. The van der Waals surface area contributed by atoms with Crippen molar-refractivity contribution in [3.05, 3.63) is 24.3 Å². The zero-order valence-corrected chi connectivity index (χ0v) is 8.91. The Morgan fingerprint density at radius 3 is 2.77 bits per heavy atom. The first-order valence-electron chi connectivity index (χ1n) is 3.63. The molecule has 4 nitrogen and oxygen atoms in total. The summed E-state index contributed by atoms with van der Waals surface area (Å²) in [5, 5.41) is 0. The Morgan fingerprint density at radius 1 is 1.62 bits per heavy atom. The molecule has 0 aliphatic rings. The first kappa shape index (κ1) is 10.1. The van der Waals surface area contributed by atoms with E-state index in [1.807, 2.05) is 0 Å². The monoisotopic (exact) mass is 244 g/mol. The van der Waals surface area contributed by atoms with E-state index in [9.17, 15) is 4.79 Å². The molecule has 0 bridgehead atoms. The SMILES string of the molecule is COC(=O)C(C)(Br)c1cnccn1. The highest BCUT2D eigenvalue weighted by molar-refractivity contribution is 9.10. The Morgan fingerprint density at radius 2 is 2.31 bits per heavy atom. The van der Waals surface area contributed by atoms with Gasteiger partial charge >= 0.3 is 5.97 Å². The Balaban J connectivity index is 3.00. The van der Waals surface area contributed by atoms with Crippen LogP contribution in [0.1, 0.15) is 12.6 Å². The summed E-state index contributed by atoms with van der Waals surface area (Å²) in [7, 11) is 1.33. The van der Waals surface area contributed by atoms with Crippen molar-refractivity contribution >= 4 is 21.9 Å². The fourth-order valence-electron chi connectivity index (χ4n) is 0.838. The highest BCUT2D eigenvalue weighted by atomic mass is 79.9. The van der Waals surface area contributed by atoms with E-state index >= 15 is 0 Å². The Bertz CT molecular complexity index is 300. The minimum Gasteiger partial charge on any atom is -0.468 e. The van der Waals surface area contributed by atoms with Crippen LogP contribution in [0.15, 0.2) is 18.6 Å². The van der Waals surface area contributed by atoms with E-state index in [-0.39, 0.29) is 0 Å². The molecule has 0 N–H and O–H groups in total. The fraction of sp³-hybridized carbons (Fsp3) is 0.375. The first-order valence-corrected chi connectivity index (χ1v) is 4.42. The molecule has 1 aromatic rings. The van der Waals surface area contributed by atoms with Crippen molar-refractivity contribution in [1.82, 2.24) is 9.97 Å². The number of methoxy groups -OCH3 is 1. The maximum absolute atomic E-state index is 11.3. The number of alkyl halides is 1. The van der Waals surface area contributed by atoms with E-state index in [2.05, 4.69) is 30.6 Å². The molecule has 1 heterocycles. The average molecular weight is 245 g/mol. The van der Waals surface area contributed by atoms with Gasteiger partial charge in [0, 0.05) is 12.4 Å². The normalized spacial score (nSPS) is 14.7. The second-order valence-electron chi connectivity index (χ2n) is 2.59. The molecule has 0 aromatic carbocycles. The first-order chi connectivity index (χ1) is 6.09. The van der Waals surface area contributed by atoms with Gasteiger partial charge in [-0.15, -0.1) is 0 Å². The van der Waals surface area contributed by atoms with Gasteiger partial charge in [0.2, 0.25) is 0 Å². The van der Waals surface area contributed by atoms with Crippen LogP contribution < -0.4 is 0 Å². The van der Waals surface area contributed by atoms with Crippen molar-refractivity contribution in [1.29, 1.82) is 0 Å². The molecule has 1 rings (SSSR count). The number of esters is 1. The van der Waals surface area contributed by atoms with Crippen LogP contribution >= 0.6 is 15.9 Å². The van der Waals surface area contributed by atoms with Crippen LogP contribution in [-0.2, 0) is 13.9 Å². The summed E-state index contributed by atoms with van der Waals surface area (Å²) in [5.41, 5.74) is 0.529. The molecule has 0 aliphatic heterocycles. The van der Waals surface area contributed by atoms with Crippen molar-refractivity contribution in [2.24, 2.45) is 0 Å². The lowest BCUT2D eigenvalue weighted by Gasteiger charge is -2.17. The number of halogens is 1. The second kappa shape index (κ2) is 3.83. The minimum absolute atomic E-state index is 0.395. The molecule has 0 fully saturated rings. The van der Waals surface area contributed by atoms with Gasteiger partial charge in [0.25, 0.3) is 0 Å². The van der Waals surface area contributed by atoms with Crippen molar-refractivity contribution in [2.45, 2.75) is 11.2 Å². The maximum Gasteiger partial charge on any atom is 0.328 e. The summed E-state index contributed by atoms with van der Waals surface area (Å²) in [6, 6.07) is 0. The molecule has 1 atom stereocenters. The molecule has 0 radical (unpaired) electrons. The van der Waals surface area contributed by atoms with Crippen LogP contribution in [0.4, 0.5) is 0 Å². The van der Waals surface area contributed by atoms with Gasteiger partial charge in [-0.3, -0.25) is 14.8 Å². The zero-order chi connectivity index (χ0) is 9.90. The van der Waals surface area contributed by atoms with Gasteiger partial charge in [0.15, 0.2) is 4.32 Å². The third-order valence-corrected chi connectivity index (χ3v) is 2.34. The fourth-order valence-corrected chi connectivity index (χ4v) is 1.20. The molecule has 0 saturated heterocycles. The van der Waals surface area contributed by atoms with Crippen LogP contribution in [0, 0.1) is 0 Å². The van der Waals surface area contributed by atoms with Gasteiger partial charge < -0.3 is 4.74 Å². The number of rotatable bonds is 2. The molecule has 0 aliphatic carbocycles. The Kier molecular flexibility index (Phi) is 2.98. The largest absolute Gasteiger partial charge is 0.468 e. The van der Waals surface area contributed by atoms with Gasteiger partial charge in [0.05, 0.1) is 19.0 Å². The molecule has 70 valence electrons. The number of hydrogen-bond acceptors (Lipinski definition) is 4. The van der Waals surface area contributed by atoms with Gasteiger partial charge in [-0.2, -0.15) is 0 Å². The van der Waals surface area contributed by atoms with Crippen molar-refractivity contribution in [3.8, 4) is 0 Å². The Labute approximate surface area is 84.5 Å². The summed E-state index contributed by atoms with van der Waals surface area (Å²) >= 11 is 3.24. The highest BCUT2D eigenvalue weighted by Gasteiger charge is 2.34. The average Bonchev–Trinajstić information content (AvgIpc) is 2.18. The summed E-state index contributed by atoms with van der Waals surface area (Å²) in [4.78, 5) is 19.2. The number of ether oxygens (including phenoxy) is 1. The van der Waals surface area contributed by atoms with Gasteiger partial charge in [0.1, 0.15) is 0 Å². The number of hydrogen-bond donors (Lipinski definition) is 0. The third-order valence-electron chi connectivity index (χ3n) is 1.61. The van der Waals surface area contributed by atoms with Gasteiger partial charge in [-0.25, -0.2) is 0 Å². The van der Waals surface area contributed by atoms with Crippen LogP contribution in [0.2, 0.25) is 0 Å². The van der Waals surface area contributed by atoms with Crippen molar-refractivity contribution in [3.63, 3.8) is 0 Å². The molecule has 13 heavy (non-hydrogen) atoms. The molecule has 1 unspecified atom stereocenters. The Hall–Kier alpha value is -0.970. The smallest absolute Gasteiger partial charge is 0.328 e.